The number of ether oxygens (including phenoxy) is 3. The van der Waals surface area contributed by atoms with Crippen LogP contribution in [0.2, 0.25) is 5.02 Å². The molecule has 0 spiro atoms. The van der Waals surface area contributed by atoms with Crippen LogP contribution < -0.4 is 20.5 Å². The van der Waals surface area contributed by atoms with Crippen LogP contribution in [0.15, 0.2) is 47.5 Å². The normalized spacial score (nSPS) is 16.0. The highest BCUT2D eigenvalue weighted by Gasteiger charge is 2.24. The Morgan fingerprint density at radius 3 is 2.61 bits per heavy atom. The number of nitrogens with two attached hydrogens (primary N) is 1. The largest absolute Gasteiger partial charge is 0.493 e. The van der Waals surface area contributed by atoms with E-state index in [0.29, 0.717) is 38.0 Å². The van der Waals surface area contributed by atoms with Crippen LogP contribution in [0.25, 0.3) is 0 Å². The third kappa shape index (κ3) is 6.50. The molecule has 0 aliphatic carbocycles. The van der Waals surface area contributed by atoms with Crippen molar-refractivity contribution in [3.8, 4) is 11.5 Å². The summed E-state index contributed by atoms with van der Waals surface area (Å²) >= 11 is 6.48. The van der Waals surface area contributed by atoms with E-state index >= 15 is 0 Å². The van der Waals surface area contributed by atoms with Gasteiger partial charge in [-0.25, -0.2) is 0 Å². The van der Waals surface area contributed by atoms with E-state index in [9.17, 15) is 0 Å². The van der Waals surface area contributed by atoms with Crippen LogP contribution in [0.1, 0.15) is 17.2 Å². The predicted molar refractivity (Wildman–Crippen MR) is 124 cm³/mol. The monoisotopic (exact) mass is 446 g/mol. The smallest absolute Gasteiger partial charge is 0.188 e. The van der Waals surface area contributed by atoms with Gasteiger partial charge in [-0.05, 0) is 35.7 Å². The zero-order valence-electron chi connectivity index (χ0n) is 18.1. The second kappa shape index (κ2) is 11.8. The molecule has 8 heteroatoms. The zero-order chi connectivity index (χ0) is 22.1. The first-order valence-electron chi connectivity index (χ1n) is 10.4. The van der Waals surface area contributed by atoms with Gasteiger partial charge in [0.2, 0.25) is 0 Å². The summed E-state index contributed by atoms with van der Waals surface area (Å²) in [5.74, 6) is 1.86. The summed E-state index contributed by atoms with van der Waals surface area (Å²) in [7, 11) is 3.26. The zero-order valence-corrected chi connectivity index (χ0v) is 18.9. The SMILES string of the molecule is COc1ccc(CCNC(N)=NCC(c2ccccc2Cl)N2CCOCC2)cc1OC. The highest BCUT2D eigenvalue weighted by molar-refractivity contribution is 6.31. The third-order valence-corrected chi connectivity index (χ3v) is 5.70. The molecule has 1 unspecified atom stereocenters. The van der Waals surface area contributed by atoms with Crippen LogP contribution in [0.5, 0.6) is 11.5 Å². The molecule has 0 bridgehead atoms. The Kier molecular flexibility index (Phi) is 8.82. The van der Waals surface area contributed by atoms with Crippen molar-refractivity contribution in [2.75, 3.05) is 53.6 Å². The highest BCUT2D eigenvalue weighted by Crippen LogP contribution is 2.29. The van der Waals surface area contributed by atoms with Crippen molar-refractivity contribution in [1.29, 1.82) is 0 Å². The summed E-state index contributed by atoms with van der Waals surface area (Å²) in [6, 6.07) is 13.9. The molecule has 3 rings (SSSR count). The quantitative estimate of drug-likeness (QED) is 0.455. The minimum atomic E-state index is 0.0591. The fraction of sp³-hybridized carbons (Fsp3) is 0.435. The Hall–Kier alpha value is -2.48. The lowest BCUT2D eigenvalue weighted by Gasteiger charge is -2.34. The topological polar surface area (TPSA) is 81.3 Å². The van der Waals surface area contributed by atoms with Crippen LogP contribution in [0, 0.1) is 0 Å². The molecule has 0 aromatic heterocycles. The number of nitrogens with one attached hydrogen (secondary N) is 1. The van der Waals surface area contributed by atoms with Gasteiger partial charge in [0.05, 0.1) is 40.0 Å². The van der Waals surface area contributed by atoms with Gasteiger partial charge in [0, 0.05) is 24.7 Å². The predicted octanol–water partition coefficient (Wildman–Crippen LogP) is 2.88. The molecule has 1 fully saturated rings. The number of methoxy groups -OCH3 is 2. The van der Waals surface area contributed by atoms with E-state index in [-0.39, 0.29) is 6.04 Å². The Bertz CT molecular complexity index is 872. The lowest BCUT2D eigenvalue weighted by molar-refractivity contribution is 0.0180. The maximum atomic E-state index is 6.48. The van der Waals surface area contributed by atoms with Gasteiger partial charge in [-0.3, -0.25) is 9.89 Å². The van der Waals surface area contributed by atoms with E-state index in [1.54, 1.807) is 14.2 Å². The number of aliphatic imine (C=N–C) groups is 1. The number of hydrogen-bond donors (Lipinski definition) is 2. The molecule has 1 aliphatic rings. The van der Waals surface area contributed by atoms with Crippen LogP contribution >= 0.6 is 11.6 Å². The molecule has 0 amide bonds. The summed E-state index contributed by atoms with van der Waals surface area (Å²) in [6.07, 6.45) is 0.786. The maximum absolute atomic E-state index is 6.48. The van der Waals surface area contributed by atoms with E-state index in [0.717, 1.165) is 41.4 Å². The number of guanidine groups is 1. The van der Waals surface area contributed by atoms with E-state index < -0.39 is 0 Å². The highest BCUT2D eigenvalue weighted by atomic mass is 35.5. The number of benzene rings is 2. The van der Waals surface area contributed by atoms with Gasteiger partial charge in [-0.1, -0.05) is 35.9 Å². The molecule has 2 aromatic carbocycles. The van der Waals surface area contributed by atoms with E-state index in [2.05, 4.69) is 21.3 Å². The summed E-state index contributed by atoms with van der Waals surface area (Å²) < 4.78 is 16.1. The van der Waals surface area contributed by atoms with Crippen molar-refractivity contribution < 1.29 is 14.2 Å². The van der Waals surface area contributed by atoms with Gasteiger partial charge >= 0.3 is 0 Å². The molecule has 31 heavy (non-hydrogen) atoms. The summed E-state index contributed by atoms with van der Waals surface area (Å²) in [4.78, 5) is 6.96. The minimum absolute atomic E-state index is 0.0591. The average Bonchev–Trinajstić information content (AvgIpc) is 2.81. The molecule has 1 heterocycles. The second-order valence-electron chi connectivity index (χ2n) is 7.28. The Morgan fingerprint density at radius 2 is 1.90 bits per heavy atom. The molecule has 0 radical (unpaired) electrons. The molecule has 2 aromatic rings. The fourth-order valence-corrected chi connectivity index (χ4v) is 3.92. The molecular formula is C23H31ClN4O3. The van der Waals surface area contributed by atoms with Crippen molar-refractivity contribution in [2.45, 2.75) is 12.5 Å². The molecule has 1 saturated heterocycles. The first-order chi connectivity index (χ1) is 15.1. The van der Waals surface area contributed by atoms with Gasteiger partial charge < -0.3 is 25.3 Å². The molecule has 1 aliphatic heterocycles. The standard InChI is InChI=1S/C23H31ClN4O3/c1-29-21-8-7-17(15-22(21)30-2)9-10-26-23(25)27-16-20(28-11-13-31-14-12-28)18-5-3-4-6-19(18)24/h3-8,15,20H,9-14,16H2,1-2H3,(H3,25,26,27). The number of morpholine rings is 1. The van der Waals surface area contributed by atoms with Gasteiger partial charge in [0.25, 0.3) is 0 Å². The first-order valence-corrected chi connectivity index (χ1v) is 10.8. The first kappa shape index (κ1) is 23.2. The van der Waals surface area contributed by atoms with Crippen LogP contribution in [-0.4, -0.2) is 64.5 Å². The Morgan fingerprint density at radius 1 is 1.16 bits per heavy atom. The Balaban J connectivity index is 1.59. The van der Waals surface area contributed by atoms with Crippen LogP contribution in [0.3, 0.4) is 0 Å². The van der Waals surface area contributed by atoms with Crippen molar-refractivity contribution in [2.24, 2.45) is 10.7 Å². The van der Waals surface area contributed by atoms with E-state index in [1.807, 2.05) is 36.4 Å². The van der Waals surface area contributed by atoms with Gasteiger partial charge in [-0.2, -0.15) is 0 Å². The minimum Gasteiger partial charge on any atom is -0.493 e. The molecule has 0 saturated carbocycles. The number of rotatable bonds is 9. The Labute approximate surface area is 189 Å². The second-order valence-corrected chi connectivity index (χ2v) is 7.68. The van der Waals surface area contributed by atoms with Gasteiger partial charge in [-0.15, -0.1) is 0 Å². The molecule has 7 nitrogen and oxygen atoms in total. The van der Waals surface area contributed by atoms with Gasteiger partial charge in [0.15, 0.2) is 17.5 Å². The van der Waals surface area contributed by atoms with E-state index in [4.69, 9.17) is 31.5 Å². The van der Waals surface area contributed by atoms with Crippen LogP contribution in [-0.2, 0) is 11.2 Å². The van der Waals surface area contributed by atoms with Crippen molar-refractivity contribution >= 4 is 17.6 Å². The number of nitrogens with zero attached hydrogens (tertiary/aromatic N) is 2. The molecule has 168 valence electrons. The summed E-state index contributed by atoms with van der Waals surface area (Å²) in [6.45, 7) is 4.31. The average molecular weight is 447 g/mol. The lowest BCUT2D eigenvalue weighted by atomic mass is 10.0. The van der Waals surface area contributed by atoms with Crippen molar-refractivity contribution in [1.82, 2.24) is 10.2 Å². The van der Waals surface area contributed by atoms with Crippen LogP contribution in [0.4, 0.5) is 0 Å². The summed E-state index contributed by atoms with van der Waals surface area (Å²) in [5, 5.41) is 3.95. The maximum Gasteiger partial charge on any atom is 0.188 e. The fourth-order valence-electron chi connectivity index (χ4n) is 3.66. The molecule has 3 N–H and O–H groups in total. The van der Waals surface area contributed by atoms with E-state index in [1.165, 1.54) is 0 Å². The van der Waals surface area contributed by atoms with Crippen molar-refractivity contribution in [3.05, 3.63) is 58.6 Å². The number of halogens is 1. The lowest BCUT2D eigenvalue weighted by Crippen LogP contribution is -2.41. The van der Waals surface area contributed by atoms with Crippen molar-refractivity contribution in [3.63, 3.8) is 0 Å². The molecule has 1 atom stereocenters. The molecular weight excluding hydrogens is 416 g/mol. The summed E-state index contributed by atoms with van der Waals surface area (Å²) in [5.41, 5.74) is 8.34. The third-order valence-electron chi connectivity index (χ3n) is 5.35. The van der Waals surface area contributed by atoms with Gasteiger partial charge in [0.1, 0.15) is 0 Å². The number of hydrogen-bond acceptors (Lipinski definition) is 5.